The van der Waals surface area contributed by atoms with E-state index in [-0.39, 0.29) is 10.8 Å². The van der Waals surface area contributed by atoms with E-state index in [9.17, 15) is 9.18 Å². The van der Waals surface area contributed by atoms with Crippen LogP contribution in [-0.4, -0.2) is 49.9 Å². The second-order valence-electron chi connectivity index (χ2n) is 7.57. The van der Waals surface area contributed by atoms with E-state index in [2.05, 4.69) is 9.88 Å². The van der Waals surface area contributed by atoms with E-state index in [1.165, 1.54) is 6.07 Å². The molecule has 0 radical (unpaired) electrons. The van der Waals surface area contributed by atoms with Crippen LogP contribution in [0.25, 0.3) is 22.0 Å². The highest BCUT2D eigenvalue weighted by Crippen LogP contribution is 2.30. The second-order valence-corrected chi connectivity index (χ2v) is 7.57. The number of halogens is 1. The third-order valence-corrected chi connectivity index (χ3v) is 5.47. The van der Waals surface area contributed by atoms with Crippen molar-refractivity contribution in [3.8, 4) is 22.6 Å². The first-order chi connectivity index (χ1) is 15.1. The summed E-state index contributed by atoms with van der Waals surface area (Å²) in [6.45, 7) is 5.85. The molecule has 164 valence electrons. The SMILES string of the molecule is CCCOc1ccc(F)c2c(=O)c(-c3ccc(OC)cc3)c(CN3CCOCC3)[nH]c12. The van der Waals surface area contributed by atoms with Crippen LogP contribution in [0.1, 0.15) is 19.0 Å². The van der Waals surface area contributed by atoms with Crippen LogP contribution < -0.4 is 14.9 Å². The quantitative estimate of drug-likeness (QED) is 0.620. The van der Waals surface area contributed by atoms with Crippen molar-refractivity contribution in [2.75, 3.05) is 40.0 Å². The van der Waals surface area contributed by atoms with Gasteiger partial charge in [0, 0.05) is 25.3 Å². The van der Waals surface area contributed by atoms with E-state index in [0.717, 1.165) is 25.2 Å². The van der Waals surface area contributed by atoms with Gasteiger partial charge in [-0.2, -0.15) is 0 Å². The standard InChI is InChI=1S/C24H27FN2O4/c1-3-12-31-20-9-8-18(25)22-23(20)26-19(15-27-10-13-30-14-11-27)21(24(22)28)16-4-6-17(29-2)7-5-16/h4-9H,3,10-15H2,1-2H3,(H,26,28). The zero-order valence-corrected chi connectivity index (χ0v) is 17.9. The minimum atomic E-state index is -0.562. The normalized spacial score (nSPS) is 14.7. The molecule has 0 bridgehead atoms. The highest BCUT2D eigenvalue weighted by atomic mass is 19.1. The number of hydrogen-bond acceptors (Lipinski definition) is 5. The predicted molar refractivity (Wildman–Crippen MR) is 118 cm³/mol. The number of ether oxygens (including phenoxy) is 3. The van der Waals surface area contributed by atoms with Crippen LogP contribution in [-0.2, 0) is 11.3 Å². The number of nitrogens with one attached hydrogen (secondary N) is 1. The minimum absolute atomic E-state index is 0.0187. The first-order valence-corrected chi connectivity index (χ1v) is 10.6. The largest absolute Gasteiger partial charge is 0.497 e. The lowest BCUT2D eigenvalue weighted by atomic mass is 9.99. The Balaban J connectivity index is 1.91. The lowest BCUT2D eigenvalue weighted by Gasteiger charge is -2.27. The van der Waals surface area contributed by atoms with Gasteiger partial charge in [0.25, 0.3) is 0 Å². The fraction of sp³-hybridized carbons (Fsp3) is 0.375. The summed E-state index contributed by atoms with van der Waals surface area (Å²) in [5.74, 6) is 0.616. The molecule has 1 fully saturated rings. The van der Waals surface area contributed by atoms with Crippen molar-refractivity contribution in [1.82, 2.24) is 9.88 Å². The molecule has 0 saturated carbocycles. The Morgan fingerprint density at radius 2 is 1.87 bits per heavy atom. The van der Waals surface area contributed by atoms with E-state index in [1.807, 2.05) is 19.1 Å². The van der Waals surface area contributed by atoms with E-state index in [1.54, 1.807) is 25.3 Å². The Morgan fingerprint density at radius 1 is 1.13 bits per heavy atom. The van der Waals surface area contributed by atoms with Crippen LogP contribution in [0.15, 0.2) is 41.2 Å². The predicted octanol–water partition coefficient (Wildman–Crippen LogP) is 3.96. The van der Waals surface area contributed by atoms with E-state index >= 15 is 0 Å². The Bertz CT molecular complexity index is 1110. The summed E-state index contributed by atoms with van der Waals surface area (Å²) in [6.07, 6.45) is 0.813. The van der Waals surface area contributed by atoms with Gasteiger partial charge in [0.1, 0.15) is 17.3 Å². The van der Waals surface area contributed by atoms with Crippen LogP contribution >= 0.6 is 0 Å². The summed E-state index contributed by atoms with van der Waals surface area (Å²) in [5.41, 5.74) is 1.97. The van der Waals surface area contributed by atoms with Gasteiger partial charge >= 0.3 is 0 Å². The first kappa shape index (κ1) is 21.3. The van der Waals surface area contributed by atoms with Gasteiger partial charge in [0.15, 0.2) is 0 Å². The number of rotatable bonds is 7. The molecule has 1 aliphatic heterocycles. The summed E-state index contributed by atoms with van der Waals surface area (Å²) >= 11 is 0. The Kier molecular flexibility index (Phi) is 6.53. The van der Waals surface area contributed by atoms with Crippen molar-refractivity contribution >= 4 is 10.9 Å². The van der Waals surface area contributed by atoms with Gasteiger partial charge in [-0.3, -0.25) is 9.69 Å². The lowest BCUT2D eigenvalue weighted by Crippen LogP contribution is -2.36. The summed E-state index contributed by atoms with van der Waals surface area (Å²) in [4.78, 5) is 19.2. The summed E-state index contributed by atoms with van der Waals surface area (Å²) < 4.78 is 31.3. The average molecular weight is 426 g/mol. The molecule has 1 aromatic heterocycles. The molecule has 3 aromatic rings. The zero-order chi connectivity index (χ0) is 21.8. The number of H-pyrrole nitrogens is 1. The third kappa shape index (κ3) is 4.43. The average Bonchev–Trinajstić information content (AvgIpc) is 2.79. The molecule has 4 rings (SSSR count). The molecule has 2 heterocycles. The molecule has 0 amide bonds. The van der Waals surface area contributed by atoms with Crippen LogP contribution in [0, 0.1) is 5.82 Å². The molecule has 7 heteroatoms. The molecule has 0 unspecified atom stereocenters. The molecular weight excluding hydrogens is 399 g/mol. The van der Waals surface area contributed by atoms with Crippen molar-refractivity contribution < 1.29 is 18.6 Å². The van der Waals surface area contributed by atoms with E-state index < -0.39 is 5.82 Å². The number of pyridine rings is 1. The van der Waals surface area contributed by atoms with Gasteiger partial charge in [-0.15, -0.1) is 0 Å². The number of methoxy groups -OCH3 is 1. The highest BCUT2D eigenvalue weighted by molar-refractivity contribution is 5.89. The molecule has 1 aliphatic rings. The Morgan fingerprint density at radius 3 is 2.55 bits per heavy atom. The molecule has 0 aliphatic carbocycles. The number of morpholine rings is 1. The molecule has 6 nitrogen and oxygen atoms in total. The molecule has 31 heavy (non-hydrogen) atoms. The smallest absolute Gasteiger partial charge is 0.200 e. The summed E-state index contributed by atoms with van der Waals surface area (Å²) in [5, 5.41) is 0.0187. The van der Waals surface area contributed by atoms with Crippen molar-refractivity contribution in [3.63, 3.8) is 0 Å². The topological polar surface area (TPSA) is 63.8 Å². The number of aromatic amines is 1. The number of benzene rings is 2. The first-order valence-electron chi connectivity index (χ1n) is 10.6. The van der Waals surface area contributed by atoms with E-state index in [0.29, 0.717) is 54.5 Å². The maximum atomic E-state index is 14.8. The Hall–Kier alpha value is -2.90. The minimum Gasteiger partial charge on any atom is -0.497 e. The van der Waals surface area contributed by atoms with Crippen LogP contribution in [0.3, 0.4) is 0 Å². The number of fused-ring (bicyclic) bond motifs is 1. The van der Waals surface area contributed by atoms with Gasteiger partial charge in [-0.05, 0) is 36.2 Å². The van der Waals surface area contributed by atoms with Crippen LogP contribution in [0.5, 0.6) is 11.5 Å². The number of hydrogen-bond donors (Lipinski definition) is 1. The van der Waals surface area contributed by atoms with Crippen LogP contribution in [0.4, 0.5) is 4.39 Å². The van der Waals surface area contributed by atoms with Gasteiger partial charge in [0.05, 0.1) is 43.4 Å². The monoisotopic (exact) mass is 426 g/mol. The lowest BCUT2D eigenvalue weighted by molar-refractivity contribution is 0.0337. The van der Waals surface area contributed by atoms with E-state index in [4.69, 9.17) is 14.2 Å². The van der Waals surface area contributed by atoms with Crippen molar-refractivity contribution in [2.24, 2.45) is 0 Å². The maximum Gasteiger partial charge on any atom is 0.200 e. The second kappa shape index (κ2) is 9.49. The molecule has 0 spiro atoms. The van der Waals surface area contributed by atoms with Gasteiger partial charge < -0.3 is 19.2 Å². The highest BCUT2D eigenvalue weighted by Gasteiger charge is 2.21. The summed E-state index contributed by atoms with van der Waals surface area (Å²) in [6, 6.07) is 10.1. The zero-order valence-electron chi connectivity index (χ0n) is 17.9. The fourth-order valence-electron chi connectivity index (χ4n) is 3.88. The Labute approximate surface area is 180 Å². The number of aromatic nitrogens is 1. The number of nitrogens with zero attached hydrogens (tertiary/aromatic N) is 1. The van der Waals surface area contributed by atoms with Gasteiger partial charge in [-0.1, -0.05) is 19.1 Å². The van der Waals surface area contributed by atoms with Crippen molar-refractivity contribution in [1.29, 1.82) is 0 Å². The maximum absolute atomic E-state index is 14.8. The molecule has 1 N–H and O–H groups in total. The fourth-order valence-corrected chi connectivity index (χ4v) is 3.88. The van der Waals surface area contributed by atoms with Crippen molar-refractivity contribution in [2.45, 2.75) is 19.9 Å². The van der Waals surface area contributed by atoms with Crippen molar-refractivity contribution in [3.05, 3.63) is 58.1 Å². The summed E-state index contributed by atoms with van der Waals surface area (Å²) in [7, 11) is 1.59. The van der Waals surface area contributed by atoms with Gasteiger partial charge in [-0.25, -0.2) is 4.39 Å². The van der Waals surface area contributed by atoms with Gasteiger partial charge in [0.2, 0.25) is 5.43 Å². The molecule has 2 aromatic carbocycles. The molecule has 0 atom stereocenters. The van der Waals surface area contributed by atoms with Crippen LogP contribution in [0.2, 0.25) is 0 Å². The molecular formula is C24H27FN2O4. The third-order valence-electron chi connectivity index (χ3n) is 5.47. The molecule has 1 saturated heterocycles.